The first kappa shape index (κ1) is 26.9. The number of benzene rings is 2. The summed E-state index contributed by atoms with van der Waals surface area (Å²) in [5.41, 5.74) is 11.4. The van der Waals surface area contributed by atoms with Gasteiger partial charge in [0.1, 0.15) is 6.61 Å². The number of nitrogens with zero attached hydrogens (tertiary/aromatic N) is 2. The molecule has 1 atom stereocenters. The molecule has 4 rings (SSSR count). The molecule has 8 heteroatoms. The van der Waals surface area contributed by atoms with Gasteiger partial charge in [-0.15, -0.1) is 0 Å². The first-order chi connectivity index (χ1) is 17.8. The van der Waals surface area contributed by atoms with Crippen LogP contribution < -0.4 is 15.2 Å². The SMILES string of the molecule is Cc1cccc(C)c1-c1cc(OCC(N)CC2CCCCC2)nc(NSc2cccc(C(=O)O)c2C)n1. The highest BCUT2D eigenvalue weighted by Gasteiger charge is 2.18. The van der Waals surface area contributed by atoms with E-state index >= 15 is 0 Å². The fourth-order valence-electron chi connectivity index (χ4n) is 5.06. The maximum atomic E-state index is 11.5. The number of nitrogens with two attached hydrogens (primary N) is 1. The number of carboxylic acids is 1. The fraction of sp³-hybridized carbons (Fsp3) is 0.414. The lowest BCUT2D eigenvalue weighted by atomic mass is 9.85. The minimum absolute atomic E-state index is 0.0473. The number of nitrogens with one attached hydrogen (secondary N) is 1. The lowest BCUT2D eigenvalue weighted by Gasteiger charge is -2.24. The minimum Gasteiger partial charge on any atom is -0.478 e. The van der Waals surface area contributed by atoms with Crippen molar-refractivity contribution in [3.05, 3.63) is 64.7 Å². The van der Waals surface area contributed by atoms with Crippen molar-refractivity contribution in [2.24, 2.45) is 11.7 Å². The van der Waals surface area contributed by atoms with Crippen LogP contribution in [0.15, 0.2) is 47.4 Å². The molecule has 1 aromatic heterocycles. The van der Waals surface area contributed by atoms with Crippen molar-refractivity contribution >= 4 is 23.9 Å². The van der Waals surface area contributed by atoms with Gasteiger partial charge in [0.2, 0.25) is 11.8 Å². The standard InChI is InChI=1S/C29H36N4O3S/c1-18-9-7-10-19(2)27(18)24-16-26(36-17-22(30)15-21-11-5-4-6-12-21)32-29(31-24)33-37-25-14-8-13-23(20(25)3)28(34)35/h7-10,13-14,16,21-22H,4-6,11-12,15,17,30H2,1-3H3,(H,34,35)(H,31,32,33). The molecule has 3 aromatic rings. The normalized spacial score (nSPS) is 14.8. The molecule has 1 fully saturated rings. The molecule has 1 unspecified atom stereocenters. The van der Waals surface area contributed by atoms with Gasteiger partial charge in [0, 0.05) is 22.6 Å². The van der Waals surface area contributed by atoms with Crippen molar-refractivity contribution < 1.29 is 14.6 Å². The molecule has 2 aromatic carbocycles. The second kappa shape index (κ2) is 12.4. The van der Waals surface area contributed by atoms with Crippen molar-refractivity contribution in [3.63, 3.8) is 0 Å². The number of aromatic nitrogens is 2. The molecule has 4 N–H and O–H groups in total. The lowest BCUT2D eigenvalue weighted by Crippen LogP contribution is -2.31. The van der Waals surface area contributed by atoms with Gasteiger partial charge in [-0.3, -0.25) is 4.72 Å². The number of carbonyl (C=O) groups is 1. The number of aryl methyl sites for hydroxylation is 2. The van der Waals surface area contributed by atoms with E-state index in [4.69, 9.17) is 15.5 Å². The summed E-state index contributed by atoms with van der Waals surface area (Å²) in [6, 6.07) is 13.2. The molecule has 0 aliphatic heterocycles. The number of carboxylic acid groups (broad SMARTS) is 1. The van der Waals surface area contributed by atoms with Crippen molar-refractivity contribution in [2.75, 3.05) is 11.3 Å². The fourth-order valence-corrected chi connectivity index (χ4v) is 5.76. The first-order valence-electron chi connectivity index (χ1n) is 12.9. The van der Waals surface area contributed by atoms with E-state index in [0.717, 1.165) is 33.7 Å². The number of ether oxygens (including phenoxy) is 1. The van der Waals surface area contributed by atoms with Crippen LogP contribution in [-0.4, -0.2) is 33.7 Å². The molecule has 0 saturated heterocycles. The Bertz CT molecular complexity index is 1220. The monoisotopic (exact) mass is 520 g/mol. The van der Waals surface area contributed by atoms with E-state index in [1.807, 2.05) is 18.2 Å². The van der Waals surface area contributed by atoms with Crippen LogP contribution in [0.2, 0.25) is 0 Å². The average Bonchev–Trinajstić information content (AvgIpc) is 2.87. The average molecular weight is 521 g/mol. The van der Waals surface area contributed by atoms with Gasteiger partial charge in [-0.2, -0.15) is 4.98 Å². The third kappa shape index (κ3) is 7.02. The molecule has 1 aliphatic carbocycles. The van der Waals surface area contributed by atoms with Gasteiger partial charge in [0.25, 0.3) is 0 Å². The molecule has 7 nitrogen and oxygen atoms in total. The summed E-state index contributed by atoms with van der Waals surface area (Å²) in [5.74, 6) is 0.585. The zero-order chi connectivity index (χ0) is 26.4. The van der Waals surface area contributed by atoms with E-state index in [0.29, 0.717) is 29.9 Å². The van der Waals surface area contributed by atoms with Crippen molar-refractivity contribution in [1.29, 1.82) is 0 Å². The summed E-state index contributed by atoms with van der Waals surface area (Å²) < 4.78 is 9.32. The molecule has 0 bridgehead atoms. The highest BCUT2D eigenvalue weighted by Crippen LogP contribution is 2.31. The van der Waals surface area contributed by atoms with Gasteiger partial charge < -0.3 is 15.6 Å². The van der Waals surface area contributed by atoms with Crippen LogP contribution in [0.4, 0.5) is 5.95 Å². The van der Waals surface area contributed by atoms with Crippen molar-refractivity contribution in [1.82, 2.24) is 9.97 Å². The predicted molar refractivity (Wildman–Crippen MR) is 149 cm³/mol. The molecular weight excluding hydrogens is 484 g/mol. The maximum Gasteiger partial charge on any atom is 0.335 e. The number of rotatable bonds is 10. The van der Waals surface area contributed by atoms with Gasteiger partial charge in [-0.1, -0.05) is 56.4 Å². The summed E-state index contributed by atoms with van der Waals surface area (Å²) in [4.78, 5) is 21.7. The van der Waals surface area contributed by atoms with E-state index in [9.17, 15) is 9.90 Å². The van der Waals surface area contributed by atoms with Crippen LogP contribution in [0.25, 0.3) is 11.3 Å². The van der Waals surface area contributed by atoms with Gasteiger partial charge in [0.15, 0.2) is 0 Å². The zero-order valence-corrected chi connectivity index (χ0v) is 22.6. The Labute approximate surface area is 223 Å². The van der Waals surface area contributed by atoms with Crippen LogP contribution in [0.5, 0.6) is 5.88 Å². The number of aromatic carboxylic acids is 1. The molecule has 37 heavy (non-hydrogen) atoms. The van der Waals surface area contributed by atoms with E-state index in [1.54, 1.807) is 19.1 Å². The molecular formula is C29H36N4O3S. The predicted octanol–water partition coefficient (Wildman–Crippen LogP) is 6.56. The van der Waals surface area contributed by atoms with Crippen LogP contribution in [0, 0.1) is 26.7 Å². The Balaban J connectivity index is 1.56. The van der Waals surface area contributed by atoms with Crippen LogP contribution >= 0.6 is 11.9 Å². The number of anilines is 1. The summed E-state index contributed by atoms with van der Waals surface area (Å²) in [7, 11) is 0. The summed E-state index contributed by atoms with van der Waals surface area (Å²) >= 11 is 1.28. The van der Waals surface area contributed by atoms with E-state index in [1.165, 1.54) is 44.1 Å². The van der Waals surface area contributed by atoms with Crippen LogP contribution in [-0.2, 0) is 0 Å². The molecule has 1 saturated carbocycles. The van der Waals surface area contributed by atoms with Crippen LogP contribution in [0.1, 0.15) is 65.6 Å². The van der Waals surface area contributed by atoms with E-state index in [-0.39, 0.29) is 11.6 Å². The third-order valence-electron chi connectivity index (χ3n) is 7.01. The topological polar surface area (TPSA) is 110 Å². The smallest absolute Gasteiger partial charge is 0.335 e. The Morgan fingerprint density at radius 3 is 2.51 bits per heavy atom. The van der Waals surface area contributed by atoms with Crippen molar-refractivity contribution in [2.45, 2.75) is 70.2 Å². The van der Waals surface area contributed by atoms with Gasteiger partial charge in [0.05, 0.1) is 11.3 Å². The van der Waals surface area contributed by atoms with Gasteiger partial charge in [-0.25, -0.2) is 9.78 Å². The van der Waals surface area contributed by atoms with Crippen LogP contribution in [0.3, 0.4) is 0 Å². The molecule has 196 valence electrons. The summed E-state index contributed by atoms with van der Waals surface area (Å²) in [6.45, 7) is 6.32. The van der Waals surface area contributed by atoms with Crippen molar-refractivity contribution in [3.8, 4) is 17.1 Å². The largest absolute Gasteiger partial charge is 0.478 e. The van der Waals surface area contributed by atoms with Gasteiger partial charge >= 0.3 is 5.97 Å². The second-order valence-corrected chi connectivity index (χ2v) is 10.8. The summed E-state index contributed by atoms with van der Waals surface area (Å²) in [6.07, 6.45) is 7.40. The quantitative estimate of drug-likeness (QED) is 0.258. The Morgan fingerprint density at radius 2 is 1.81 bits per heavy atom. The Morgan fingerprint density at radius 1 is 1.11 bits per heavy atom. The van der Waals surface area contributed by atoms with Gasteiger partial charge in [-0.05, 0) is 73.9 Å². The lowest BCUT2D eigenvalue weighted by molar-refractivity contribution is 0.0695. The molecule has 1 heterocycles. The summed E-state index contributed by atoms with van der Waals surface area (Å²) in [5, 5.41) is 9.45. The number of hydrogen-bond donors (Lipinski definition) is 3. The highest BCUT2D eigenvalue weighted by atomic mass is 32.2. The second-order valence-electron chi connectivity index (χ2n) is 9.93. The Hall–Kier alpha value is -3.10. The third-order valence-corrected chi connectivity index (χ3v) is 7.96. The molecule has 0 radical (unpaired) electrons. The van der Waals surface area contributed by atoms with E-state index in [2.05, 4.69) is 35.7 Å². The molecule has 0 amide bonds. The number of hydrogen-bond acceptors (Lipinski definition) is 7. The zero-order valence-electron chi connectivity index (χ0n) is 21.8. The maximum absolute atomic E-state index is 11.5. The minimum atomic E-state index is -0.950. The first-order valence-corrected chi connectivity index (χ1v) is 13.7. The highest BCUT2D eigenvalue weighted by molar-refractivity contribution is 8.00. The Kier molecular flexibility index (Phi) is 9.05. The molecule has 1 aliphatic rings. The van der Waals surface area contributed by atoms with E-state index < -0.39 is 5.97 Å². The molecule has 0 spiro atoms.